The monoisotopic (exact) mass is 236 g/mol. The molecule has 1 aromatic carbocycles. The average molecular weight is 236 g/mol. The van der Waals surface area contributed by atoms with E-state index in [1.165, 1.54) is 20.3 Å². The molecule has 1 aromatic rings. The standard InChI is InChI=1S/C10H10O4.Ca.2H/c1-13-9(11)7-4-3-5-8(6-7)10(12)14-2;;;/h3-6H,1-2H3;;;/q;+2;2*-1. The SMILES string of the molecule is COC(=O)c1cccc(C(=O)OC)c1.[Ca+2].[H-].[H-]. The molecule has 15 heavy (non-hydrogen) atoms. The maximum Gasteiger partial charge on any atom is 2.00 e. The van der Waals surface area contributed by atoms with Crippen LogP contribution in [0.25, 0.3) is 0 Å². The van der Waals surface area contributed by atoms with Crippen LogP contribution in [0.2, 0.25) is 0 Å². The molecule has 0 atom stereocenters. The van der Waals surface area contributed by atoms with Crippen molar-refractivity contribution in [3.8, 4) is 0 Å². The van der Waals surface area contributed by atoms with Crippen LogP contribution in [0, 0.1) is 0 Å². The molecule has 0 aliphatic carbocycles. The van der Waals surface area contributed by atoms with E-state index in [9.17, 15) is 9.59 Å². The average Bonchev–Trinajstić information content (AvgIpc) is 2.27. The smallest absolute Gasteiger partial charge is 1.00 e. The molecule has 0 radical (unpaired) electrons. The Kier molecular flexibility index (Phi) is 6.56. The first-order chi connectivity index (χ1) is 6.69. The van der Waals surface area contributed by atoms with Gasteiger partial charge in [0.25, 0.3) is 0 Å². The second-order valence-corrected chi connectivity index (χ2v) is 2.56. The van der Waals surface area contributed by atoms with E-state index in [2.05, 4.69) is 9.47 Å². The number of hydrogen-bond acceptors (Lipinski definition) is 4. The minimum absolute atomic E-state index is 0. The van der Waals surface area contributed by atoms with Gasteiger partial charge in [-0.05, 0) is 18.2 Å². The van der Waals surface area contributed by atoms with Crippen LogP contribution in [-0.4, -0.2) is 63.9 Å². The van der Waals surface area contributed by atoms with Gasteiger partial charge >= 0.3 is 49.7 Å². The van der Waals surface area contributed by atoms with E-state index >= 15 is 0 Å². The Morgan fingerprint density at radius 2 is 1.47 bits per heavy atom. The molecule has 0 N–H and O–H groups in total. The van der Waals surface area contributed by atoms with Crippen molar-refractivity contribution in [3.63, 3.8) is 0 Å². The van der Waals surface area contributed by atoms with Gasteiger partial charge in [0.2, 0.25) is 0 Å². The normalized spacial score (nSPS) is 8.67. The third-order valence-electron chi connectivity index (χ3n) is 1.70. The van der Waals surface area contributed by atoms with Gasteiger partial charge in [0, 0.05) is 0 Å². The van der Waals surface area contributed by atoms with Crippen LogP contribution in [0.3, 0.4) is 0 Å². The Hall–Kier alpha value is -0.580. The van der Waals surface area contributed by atoms with Crippen molar-refractivity contribution in [2.45, 2.75) is 0 Å². The molecule has 0 bridgehead atoms. The molecule has 0 aromatic heterocycles. The number of ether oxygens (including phenoxy) is 2. The number of carbonyl (C=O) groups excluding carboxylic acids is 2. The van der Waals surface area contributed by atoms with Crippen LogP contribution in [0.15, 0.2) is 24.3 Å². The van der Waals surface area contributed by atoms with Crippen LogP contribution >= 0.6 is 0 Å². The van der Waals surface area contributed by atoms with E-state index in [-0.39, 0.29) is 40.6 Å². The van der Waals surface area contributed by atoms with E-state index in [4.69, 9.17) is 0 Å². The molecule has 0 amide bonds. The number of esters is 2. The summed E-state index contributed by atoms with van der Waals surface area (Å²) in [6.07, 6.45) is 0. The summed E-state index contributed by atoms with van der Waals surface area (Å²) in [5, 5.41) is 0. The molecular weight excluding hydrogens is 224 g/mol. The molecule has 0 aliphatic rings. The predicted octanol–water partition coefficient (Wildman–Crippen LogP) is 1.10. The van der Waals surface area contributed by atoms with Gasteiger partial charge in [0.05, 0.1) is 25.3 Å². The molecule has 5 heteroatoms. The second kappa shape index (κ2) is 6.82. The molecule has 0 spiro atoms. The van der Waals surface area contributed by atoms with Gasteiger partial charge in [-0.1, -0.05) is 6.07 Å². The third kappa shape index (κ3) is 3.81. The zero-order valence-corrected chi connectivity index (χ0v) is 10.9. The minimum Gasteiger partial charge on any atom is -1.00 e. The van der Waals surface area contributed by atoms with Crippen LogP contribution in [0.5, 0.6) is 0 Å². The molecule has 0 heterocycles. The molecule has 0 saturated carbocycles. The Morgan fingerprint density at radius 3 is 1.80 bits per heavy atom. The van der Waals surface area contributed by atoms with Crippen molar-refractivity contribution in [2.24, 2.45) is 0 Å². The van der Waals surface area contributed by atoms with Gasteiger partial charge in [-0.3, -0.25) is 0 Å². The maximum absolute atomic E-state index is 11.1. The topological polar surface area (TPSA) is 52.6 Å². The summed E-state index contributed by atoms with van der Waals surface area (Å²) in [5.41, 5.74) is 0.658. The van der Waals surface area contributed by atoms with E-state index in [0.717, 1.165) is 0 Å². The largest absolute Gasteiger partial charge is 2.00 e. The van der Waals surface area contributed by atoms with Gasteiger partial charge < -0.3 is 12.3 Å². The number of hydrogen-bond donors (Lipinski definition) is 0. The fourth-order valence-electron chi connectivity index (χ4n) is 1.01. The van der Waals surface area contributed by atoms with Crippen molar-refractivity contribution < 1.29 is 21.9 Å². The summed E-state index contributed by atoms with van der Waals surface area (Å²) in [6, 6.07) is 6.16. The Bertz CT molecular complexity index is 340. The van der Waals surface area contributed by atoms with E-state index in [1.54, 1.807) is 18.2 Å². The van der Waals surface area contributed by atoms with Crippen LogP contribution < -0.4 is 0 Å². The number of rotatable bonds is 2. The molecule has 0 aliphatic heterocycles. The van der Waals surface area contributed by atoms with E-state index < -0.39 is 11.9 Å². The summed E-state index contributed by atoms with van der Waals surface area (Å²) in [6.45, 7) is 0. The first-order valence-corrected chi connectivity index (χ1v) is 3.95. The van der Waals surface area contributed by atoms with Gasteiger partial charge in [-0.2, -0.15) is 0 Å². The fraction of sp³-hybridized carbons (Fsp3) is 0.200. The molecule has 0 unspecified atom stereocenters. The number of methoxy groups -OCH3 is 2. The Morgan fingerprint density at radius 1 is 1.07 bits per heavy atom. The molecular formula is C10H12CaO4. The van der Waals surface area contributed by atoms with Crippen LogP contribution in [-0.2, 0) is 9.47 Å². The van der Waals surface area contributed by atoms with E-state index in [0.29, 0.717) is 11.1 Å². The molecule has 4 nitrogen and oxygen atoms in total. The summed E-state index contributed by atoms with van der Waals surface area (Å²) < 4.78 is 9.03. The maximum atomic E-state index is 11.1. The fourth-order valence-corrected chi connectivity index (χ4v) is 1.01. The van der Waals surface area contributed by atoms with Crippen molar-refractivity contribution in [1.29, 1.82) is 0 Å². The third-order valence-corrected chi connectivity index (χ3v) is 1.70. The Labute approximate surface area is 121 Å². The summed E-state index contributed by atoms with van der Waals surface area (Å²) in [7, 11) is 2.57. The van der Waals surface area contributed by atoms with Crippen molar-refractivity contribution in [2.75, 3.05) is 14.2 Å². The zero-order chi connectivity index (χ0) is 10.6. The van der Waals surface area contributed by atoms with Crippen LogP contribution in [0.1, 0.15) is 23.6 Å². The van der Waals surface area contributed by atoms with E-state index in [1.807, 2.05) is 0 Å². The quantitative estimate of drug-likeness (QED) is 0.570. The van der Waals surface area contributed by atoms with Gasteiger partial charge in [-0.25, -0.2) is 9.59 Å². The zero-order valence-electron chi connectivity index (χ0n) is 10.6. The summed E-state index contributed by atoms with van der Waals surface area (Å²) in [4.78, 5) is 22.2. The number of carbonyl (C=O) groups is 2. The first-order valence-electron chi connectivity index (χ1n) is 3.95. The van der Waals surface area contributed by atoms with Crippen LogP contribution in [0.4, 0.5) is 0 Å². The molecule has 78 valence electrons. The van der Waals surface area contributed by atoms with Crippen molar-refractivity contribution >= 4 is 49.7 Å². The van der Waals surface area contributed by atoms with Gasteiger partial charge in [0.1, 0.15) is 0 Å². The summed E-state index contributed by atoms with van der Waals surface area (Å²) >= 11 is 0. The Balaban J connectivity index is -0.000000653. The number of benzene rings is 1. The van der Waals surface area contributed by atoms with Crippen molar-refractivity contribution in [3.05, 3.63) is 35.4 Å². The minimum atomic E-state index is -0.476. The molecule has 0 saturated heterocycles. The molecule has 1 rings (SSSR count). The molecule has 0 fully saturated rings. The summed E-state index contributed by atoms with van der Waals surface area (Å²) in [5.74, 6) is -0.952. The van der Waals surface area contributed by atoms with Gasteiger partial charge in [-0.15, -0.1) is 0 Å². The van der Waals surface area contributed by atoms with Gasteiger partial charge in [0.15, 0.2) is 0 Å². The second-order valence-electron chi connectivity index (χ2n) is 2.56. The first kappa shape index (κ1) is 14.4. The predicted molar refractivity (Wildman–Crippen MR) is 57.1 cm³/mol. The van der Waals surface area contributed by atoms with Crippen molar-refractivity contribution in [1.82, 2.24) is 0 Å².